The van der Waals surface area contributed by atoms with Gasteiger partial charge in [0.15, 0.2) is 4.80 Å². The molecule has 0 amide bonds. The summed E-state index contributed by atoms with van der Waals surface area (Å²) in [6.07, 6.45) is -3.57. The van der Waals surface area contributed by atoms with E-state index in [0.717, 1.165) is 29.8 Å². The summed E-state index contributed by atoms with van der Waals surface area (Å²) in [6, 6.07) is 11.1. The van der Waals surface area contributed by atoms with Gasteiger partial charge in [-0.3, -0.25) is 0 Å². The van der Waals surface area contributed by atoms with Crippen LogP contribution in [-0.2, 0) is 12.7 Å². The number of rotatable bonds is 4. The SMILES string of the molecule is CCCn1c(-c2ccc(F)cc2)csc1=Nc1cccc(C(F)(F)F)c1. The van der Waals surface area contributed by atoms with Gasteiger partial charge in [-0.05, 0) is 54.4 Å². The van der Waals surface area contributed by atoms with Crippen molar-refractivity contribution in [2.24, 2.45) is 4.99 Å². The number of alkyl halides is 3. The Hall–Kier alpha value is -2.41. The standard InChI is InChI=1S/C19H16F4N2S/c1-2-10-25-17(13-6-8-15(20)9-7-13)12-26-18(25)24-16-5-3-4-14(11-16)19(21,22)23/h3-9,11-12H,2,10H2,1H3. The topological polar surface area (TPSA) is 17.3 Å². The van der Waals surface area contributed by atoms with E-state index in [1.807, 2.05) is 16.9 Å². The van der Waals surface area contributed by atoms with Crippen LogP contribution in [0.5, 0.6) is 0 Å². The highest BCUT2D eigenvalue weighted by Gasteiger charge is 2.30. The van der Waals surface area contributed by atoms with Crippen LogP contribution < -0.4 is 4.80 Å². The molecule has 136 valence electrons. The van der Waals surface area contributed by atoms with E-state index < -0.39 is 11.7 Å². The summed E-state index contributed by atoms with van der Waals surface area (Å²) in [5, 5.41) is 1.88. The normalized spacial score (nSPS) is 12.6. The monoisotopic (exact) mass is 380 g/mol. The molecule has 0 atom stereocenters. The average molecular weight is 380 g/mol. The highest BCUT2D eigenvalue weighted by atomic mass is 32.1. The zero-order valence-corrected chi connectivity index (χ0v) is 14.7. The molecule has 0 aliphatic carbocycles. The van der Waals surface area contributed by atoms with Gasteiger partial charge in [0.2, 0.25) is 0 Å². The van der Waals surface area contributed by atoms with Crippen LogP contribution >= 0.6 is 11.3 Å². The molecule has 0 bridgehead atoms. The summed E-state index contributed by atoms with van der Waals surface area (Å²) in [5.74, 6) is -0.320. The van der Waals surface area contributed by atoms with Gasteiger partial charge in [-0.15, -0.1) is 11.3 Å². The maximum absolute atomic E-state index is 13.2. The lowest BCUT2D eigenvalue weighted by atomic mass is 10.1. The second-order valence-corrected chi connectivity index (χ2v) is 6.56. The summed E-state index contributed by atoms with van der Waals surface area (Å²) in [4.78, 5) is 5.01. The Morgan fingerprint density at radius 2 is 1.81 bits per heavy atom. The molecule has 0 fully saturated rings. The van der Waals surface area contributed by atoms with Crippen molar-refractivity contribution < 1.29 is 17.6 Å². The minimum atomic E-state index is -4.40. The fraction of sp³-hybridized carbons (Fsp3) is 0.211. The van der Waals surface area contributed by atoms with Crippen molar-refractivity contribution in [2.75, 3.05) is 0 Å². The number of benzene rings is 2. The minimum Gasteiger partial charge on any atom is -0.316 e. The number of hydrogen-bond acceptors (Lipinski definition) is 2. The second kappa shape index (κ2) is 7.45. The number of aromatic nitrogens is 1. The predicted molar refractivity (Wildman–Crippen MR) is 94.7 cm³/mol. The molecular weight excluding hydrogens is 364 g/mol. The summed E-state index contributed by atoms with van der Waals surface area (Å²) >= 11 is 1.34. The number of thiazole rings is 1. The maximum atomic E-state index is 13.2. The van der Waals surface area contributed by atoms with E-state index in [-0.39, 0.29) is 11.5 Å². The van der Waals surface area contributed by atoms with Crippen molar-refractivity contribution >= 4 is 17.0 Å². The van der Waals surface area contributed by atoms with E-state index in [0.29, 0.717) is 11.3 Å². The molecular formula is C19H16F4N2S. The number of hydrogen-bond donors (Lipinski definition) is 0. The van der Waals surface area contributed by atoms with Crippen molar-refractivity contribution in [3.8, 4) is 11.3 Å². The molecule has 1 heterocycles. The van der Waals surface area contributed by atoms with Gasteiger partial charge in [-0.25, -0.2) is 9.38 Å². The highest BCUT2D eigenvalue weighted by Crippen LogP contribution is 2.31. The van der Waals surface area contributed by atoms with Crippen LogP contribution in [0.2, 0.25) is 0 Å². The second-order valence-electron chi connectivity index (χ2n) is 5.72. The van der Waals surface area contributed by atoms with Crippen LogP contribution in [0.4, 0.5) is 23.2 Å². The summed E-state index contributed by atoms with van der Waals surface area (Å²) < 4.78 is 53.8. The first-order valence-electron chi connectivity index (χ1n) is 8.04. The highest BCUT2D eigenvalue weighted by molar-refractivity contribution is 7.07. The first-order chi connectivity index (χ1) is 12.4. The third kappa shape index (κ3) is 4.04. The van der Waals surface area contributed by atoms with E-state index in [1.165, 1.54) is 29.5 Å². The predicted octanol–water partition coefficient (Wildman–Crippen LogP) is 6.02. The van der Waals surface area contributed by atoms with Gasteiger partial charge in [0.05, 0.1) is 16.9 Å². The molecule has 0 aliphatic heterocycles. The fourth-order valence-electron chi connectivity index (χ4n) is 2.57. The Labute approximate surface area is 152 Å². The molecule has 2 aromatic carbocycles. The maximum Gasteiger partial charge on any atom is 0.416 e. The van der Waals surface area contributed by atoms with Crippen molar-refractivity contribution in [3.05, 3.63) is 70.1 Å². The van der Waals surface area contributed by atoms with Crippen LogP contribution in [0, 0.1) is 5.82 Å². The molecule has 0 saturated heterocycles. The van der Waals surface area contributed by atoms with Crippen LogP contribution in [-0.4, -0.2) is 4.57 Å². The van der Waals surface area contributed by atoms with Crippen molar-refractivity contribution in [3.63, 3.8) is 0 Å². The number of halogens is 4. The van der Waals surface area contributed by atoms with Gasteiger partial charge >= 0.3 is 6.18 Å². The third-order valence-corrected chi connectivity index (χ3v) is 4.65. The molecule has 0 radical (unpaired) electrons. The Balaban J connectivity index is 2.08. The van der Waals surface area contributed by atoms with Crippen LogP contribution in [0.1, 0.15) is 18.9 Å². The summed E-state index contributed by atoms with van der Waals surface area (Å²) in [6.45, 7) is 2.67. The Morgan fingerprint density at radius 1 is 1.08 bits per heavy atom. The van der Waals surface area contributed by atoms with Gasteiger partial charge in [-0.1, -0.05) is 13.0 Å². The first-order valence-corrected chi connectivity index (χ1v) is 8.92. The molecule has 0 aliphatic rings. The fourth-order valence-corrected chi connectivity index (χ4v) is 3.53. The molecule has 3 aromatic rings. The van der Waals surface area contributed by atoms with Gasteiger partial charge in [0, 0.05) is 11.9 Å². The van der Waals surface area contributed by atoms with Gasteiger partial charge in [-0.2, -0.15) is 13.2 Å². The molecule has 2 nitrogen and oxygen atoms in total. The molecule has 3 rings (SSSR count). The Bertz CT molecular complexity index is 953. The van der Waals surface area contributed by atoms with Crippen LogP contribution in [0.15, 0.2) is 58.9 Å². The number of nitrogens with zero attached hydrogens (tertiary/aromatic N) is 2. The molecule has 0 N–H and O–H groups in total. The zero-order valence-electron chi connectivity index (χ0n) is 13.9. The van der Waals surface area contributed by atoms with E-state index >= 15 is 0 Å². The summed E-state index contributed by atoms with van der Waals surface area (Å²) in [5.41, 5.74) is 1.22. The lowest BCUT2D eigenvalue weighted by molar-refractivity contribution is -0.137. The van der Waals surface area contributed by atoms with Gasteiger partial charge in [0.25, 0.3) is 0 Å². The Morgan fingerprint density at radius 3 is 2.46 bits per heavy atom. The Kier molecular flexibility index (Phi) is 5.27. The molecule has 0 saturated carbocycles. The van der Waals surface area contributed by atoms with E-state index in [9.17, 15) is 17.6 Å². The first kappa shape index (κ1) is 18.4. The molecule has 0 spiro atoms. The van der Waals surface area contributed by atoms with Crippen molar-refractivity contribution in [1.29, 1.82) is 0 Å². The lowest BCUT2D eigenvalue weighted by Crippen LogP contribution is -2.15. The van der Waals surface area contributed by atoms with Gasteiger partial charge in [0.1, 0.15) is 5.82 Å². The van der Waals surface area contributed by atoms with Crippen molar-refractivity contribution in [1.82, 2.24) is 4.57 Å². The average Bonchev–Trinajstić information content (AvgIpc) is 2.98. The quantitative estimate of drug-likeness (QED) is 0.493. The largest absolute Gasteiger partial charge is 0.416 e. The van der Waals surface area contributed by atoms with Gasteiger partial charge < -0.3 is 4.57 Å². The van der Waals surface area contributed by atoms with E-state index in [2.05, 4.69) is 4.99 Å². The van der Waals surface area contributed by atoms with E-state index in [1.54, 1.807) is 18.2 Å². The van der Waals surface area contributed by atoms with Crippen LogP contribution in [0.3, 0.4) is 0 Å². The smallest absolute Gasteiger partial charge is 0.316 e. The molecule has 1 aromatic heterocycles. The third-order valence-electron chi connectivity index (χ3n) is 3.78. The van der Waals surface area contributed by atoms with Crippen molar-refractivity contribution in [2.45, 2.75) is 26.1 Å². The zero-order chi connectivity index (χ0) is 18.7. The molecule has 0 unspecified atom stereocenters. The minimum absolute atomic E-state index is 0.247. The van der Waals surface area contributed by atoms with E-state index in [4.69, 9.17) is 0 Å². The molecule has 7 heteroatoms. The molecule has 26 heavy (non-hydrogen) atoms. The summed E-state index contributed by atoms with van der Waals surface area (Å²) in [7, 11) is 0. The van der Waals surface area contributed by atoms with Crippen LogP contribution in [0.25, 0.3) is 11.3 Å². The lowest BCUT2D eigenvalue weighted by Gasteiger charge is -2.08.